The number of nitriles is 1. The van der Waals surface area contributed by atoms with Crippen LogP contribution in [0.5, 0.6) is 11.5 Å². The van der Waals surface area contributed by atoms with Crippen LogP contribution in [0.3, 0.4) is 0 Å². The molecule has 7 heteroatoms. The van der Waals surface area contributed by atoms with Crippen LogP contribution in [0, 0.1) is 11.3 Å². The second-order valence-corrected chi connectivity index (χ2v) is 6.20. The third-order valence-electron chi connectivity index (χ3n) is 3.94. The maximum Gasteiger partial charge on any atom is 0.426 e. The van der Waals surface area contributed by atoms with Crippen molar-refractivity contribution < 1.29 is 28.2 Å². The quantitative estimate of drug-likeness (QED) is 0.404. The minimum Gasteiger partial charge on any atom is -0.494 e. The van der Waals surface area contributed by atoms with Crippen LogP contribution < -0.4 is 9.47 Å². The molecule has 0 saturated carbocycles. The Hall–Kier alpha value is -3.40. The van der Waals surface area contributed by atoms with Crippen molar-refractivity contribution in [2.75, 3.05) is 6.61 Å². The van der Waals surface area contributed by atoms with Crippen LogP contribution in [-0.2, 0) is 10.9 Å². The summed E-state index contributed by atoms with van der Waals surface area (Å²) in [6.45, 7) is 0.459. The number of unbranched alkanes of at least 4 members (excludes halogenated alkanes) is 3. The molecule has 2 aromatic rings. The molecule has 2 aromatic carbocycles. The van der Waals surface area contributed by atoms with Gasteiger partial charge in [-0.25, -0.2) is 4.79 Å². The van der Waals surface area contributed by atoms with Crippen LogP contribution in [0.15, 0.2) is 54.6 Å². The molecule has 29 heavy (non-hydrogen) atoms. The van der Waals surface area contributed by atoms with E-state index in [9.17, 15) is 13.6 Å². The normalized spacial score (nSPS) is 11.2. The smallest absolute Gasteiger partial charge is 0.426 e. The Kier molecular flexibility index (Phi) is 8.16. The minimum atomic E-state index is -3.53. The second kappa shape index (κ2) is 10.8. The summed E-state index contributed by atoms with van der Waals surface area (Å²) < 4.78 is 39.1. The van der Waals surface area contributed by atoms with E-state index in [1.54, 1.807) is 0 Å². The Balaban J connectivity index is 1.90. The van der Waals surface area contributed by atoms with Gasteiger partial charge in [-0.15, -0.1) is 0 Å². The van der Waals surface area contributed by atoms with Gasteiger partial charge in [-0.3, -0.25) is 0 Å². The van der Waals surface area contributed by atoms with Crippen molar-refractivity contribution in [1.82, 2.24) is 0 Å². The maximum absolute atomic E-state index is 14.4. The highest BCUT2D eigenvalue weighted by Gasteiger charge is 2.34. The summed E-state index contributed by atoms with van der Waals surface area (Å²) in [5, 5.41) is 17.1. The fraction of sp³-hybridized carbons (Fsp3) is 0.273. The molecule has 0 atom stereocenters. The molecule has 0 aliphatic heterocycles. The highest BCUT2D eigenvalue weighted by atomic mass is 19.3. The van der Waals surface area contributed by atoms with Crippen LogP contribution in [0.2, 0.25) is 0 Å². The lowest BCUT2D eigenvalue weighted by atomic mass is 10.2. The van der Waals surface area contributed by atoms with Gasteiger partial charge in [-0.05, 0) is 67.3 Å². The number of hydrogen-bond acceptors (Lipinski definition) is 4. The lowest BCUT2D eigenvalue weighted by molar-refractivity contribution is -0.185. The topological polar surface area (TPSA) is 79.5 Å². The van der Waals surface area contributed by atoms with Crippen molar-refractivity contribution in [3.8, 4) is 17.6 Å². The van der Waals surface area contributed by atoms with E-state index >= 15 is 0 Å². The molecule has 0 heterocycles. The van der Waals surface area contributed by atoms with Gasteiger partial charge in [0.05, 0.1) is 18.2 Å². The third kappa shape index (κ3) is 7.62. The van der Waals surface area contributed by atoms with Crippen LogP contribution >= 0.6 is 0 Å². The average Bonchev–Trinajstić information content (AvgIpc) is 2.70. The van der Waals surface area contributed by atoms with Crippen molar-refractivity contribution in [3.05, 3.63) is 65.7 Å². The molecular formula is C22H21F2NO4. The van der Waals surface area contributed by atoms with Gasteiger partial charge in [-0.1, -0.05) is 12.1 Å². The Morgan fingerprint density at radius 3 is 2.31 bits per heavy atom. The van der Waals surface area contributed by atoms with Gasteiger partial charge in [-0.2, -0.15) is 14.0 Å². The second-order valence-electron chi connectivity index (χ2n) is 6.20. The molecular weight excluding hydrogens is 380 g/mol. The number of ether oxygens (including phenoxy) is 2. The van der Waals surface area contributed by atoms with Crippen molar-refractivity contribution in [1.29, 1.82) is 5.26 Å². The van der Waals surface area contributed by atoms with Gasteiger partial charge in [0.15, 0.2) is 0 Å². The first kappa shape index (κ1) is 21.9. The predicted molar refractivity (Wildman–Crippen MR) is 104 cm³/mol. The number of benzene rings is 2. The van der Waals surface area contributed by atoms with E-state index in [0.29, 0.717) is 24.3 Å². The minimum absolute atomic E-state index is 0.0415. The zero-order chi connectivity index (χ0) is 21.1. The Labute approximate surface area is 167 Å². The van der Waals surface area contributed by atoms with Crippen molar-refractivity contribution in [2.45, 2.75) is 31.8 Å². The van der Waals surface area contributed by atoms with E-state index in [4.69, 9.17) is 19.8 Å². The largest absolute Gasteiger partial charge is 0.494 e. The van der Waals surface area contributed by atoms with Crippen LogP contribution in [-0.4, -0.2) is 17.7 Å². The first-order valence-electron chi connectivity index (χ1n) is 9.09. The zero-order valence-electron chi connectivity index (χ0n) is 15.7. The van der Waals surface area contributed by atoms with Crippen LogP contribution in [0.4, 0.5) is 8.78 Å². The zero-order valence-corrected chi connectivity index (χ0v) is 15.7. The van der Waals surface area contributed by atoms with Gasteiger partial charge in [0.25, 0.3) is 0 Å². The summed E-state index contributed by atoms with van der Waals surface area (Å²) >= 11 is 0. The summed E-state index contributed by atoms with van der Waals surface area (Å²) in [6.07, 6.45) is 1.79. The Morgan fingerprint density at radius 1 is 1.03 bits per heavy atom. The maximum atomic E-state index is 14.4. The van der Waals surface area contributed by atoms with Crippen LogP contribution in [0.25, 0.3) is 6.08 Å². The summed E-state index contributed by atoms with van der Waals surface area (Å²) in [7, 11) is 0. The first-order valence-corrected chi connectivity index (χ1v) is 9.09. The number of aliphatic carboxylic acids is 1. The lowest BCUT2D eigenvalue weighted by Gasteiger charge is -2.18. The molecule has 1 N–H and O–H groups in total. The monoisotopic (exact) mass is 401 g/mol. The van der Waals surface area contributed by atoms with Crippen molar-refractivity contribution in [3.63, 3.8) is 0 Å². The van der Waals surface area contributed by atoms with Crippen LogP contribution in [0.1, 0.15) is 36.8 Å². The average molecular weight is 401 g/mol. The number of hydrogen-bond donors (Lipinski definition) is 1. The number of carbonyl (C=O) groups is 1. The molecule has 5 nitrogen and oxygen atoms in total. The van der Waals surface area contributed by atoms with Gasteiger partial charge in [0.2, 0.25) is 0 Å². The predicted octanol–water partition coefficient (Wildman–Crippen LogP) is 5.38. The van der Waals surface area contributed by atoms with Crippen molar-refractivity contribution in [2.24, 2.45) is 0 Å². The molecule has 152 valence electrons. The van der Waals surface area contributed by atoms with Gasteiger partial charge in [0, 0.05) is 12.5 Å². The molecule has 0 bridgehead atoms. The lowest BCUT2D eigenvalue weighted by Crippen LogP contribution is -2.21. The van der Waals surface area contributed by atoms with Gasteiger partial charge in [0.1, 0.15) is 11.5 Å². The summed E-state index contributed by atoms with van der Waals surface area (Å²) in [5.41, 5.74) is 0.242. The molecule has 0 unspecified atom stereocenters. The SMILES string of the molecule is N#CCCCCCOc1ccc(C(F)(F)Oc2ccc(/C=C/C(=O)O)cc2)cc1. The number of halogens is 2. The van der Waals surface area contributed by atoms with E-state index in [1.807, 2.05) is 0 Å². The number of carboxylic acids is 1. The first-order chi connectivity index (χ1) is 13.9. The Morgan fingerprint density at radius 2 is 1.69 bits per heavy atom. The fourth-order valence-electron chi connectivity index (χ4n) is 2.44. The van der Waals surface area contributed by atoms with Gasteiger partial charge < -0.3 is 14.6 Å². The molecule has 0 aliphatic rings. The number of nitrogens with zero attached hydrogens (tertiary/aromatic N) is 1. The highest BCUT2D eigenvalue weighted by Crippen LogP contribution is 2.32. The van der Waals surface area contributed by atoms with E-state index in [2.05, 4.69) is 6.07 Å². The molecule has 0 amide bonds. The molecule has 0 fully saturated rings. The molecule has 2 rings (SSSR count). The van der Waals surface area contributed by atoms with Gasteiger partial charge >= 0.3 is 12.1 Å². The summed E-state index contributed by atoms with van der Waals surface area (Å²) in [5.74, 6) is -0.650. The highest BCUT2D eigenvalue weighted by molar-refractivity contribution is 5.85. The van der Waals surface area contributed by atoms with E-state index in [1.165, 1.54) is 54.6 Å². The Bertz CT molecular complexity index is 856. The number of alkyl halides is 2. The van der Waals surface area contributed by atoms with E-state index in [-0.39, 0.29) is 11.3 Å². The number of carboxylic acid groups (broad SMARTS) is 1. The van der Waals surface area contributed by atoms with Crippen molar-refractivity contribution >= 4 is 12.0 Å². The molecule has 0 spiro atoms. The van der Waals surface area contributed by atoms with E-state index in [0.717, 1.165) is 25.3 Å². The molecule has 0 aromatic heterocycles. The molecule has 0 aliphatic carbocycles. The van der Waals surface area contributed by atoms with E-state index < -0.39 is 12.1 Å². The number of rotatable bonds is 11. The third-order valence-corrected chi connectivity index (χ3v) is 3.94. The summed E-state index contributed by atoms with van der Waals surface area (Å²) in [4.78, 5) is 10.5. The molecule has 0 saturated heterocycles. The molecule has 0 radical (unpaired) electrons. The summed E-state index contributed by atoms with van der Waals surface area (Å²) in [6, 6.07) is 13.2. The standard InChI is InChI=1S/C22H21F2NO4/c23-22(24,29-20-10-5-17(6-11-20)7-14-21(26)27)18-8-12-19(13-9-18)28-16-4-2-1-3-15-25/h5-14H,1-4,16H2,(H,26,27)/b14-7+. The fourth-order valence-corrected chi connectivity index (χ4v) is 2.44.